The molecule has 0 saturated heterocycles. The van der Waals surface area contributed by atoms with Crippen molar-refractivity contribution in [1.29, 1.82) is 0 Å². The van der Waals surface area contributed by atoms with Crippen LogP contribution in [0.3, 0.4) is 0 Å². The molecule has 3 aromatic carbocycles. The molecule has 0 saturated carbocycles. The first-order chi connectivity index (χ1) is 14.5. The van der Waals surface area contributed by atoms with Gasteiger partial charge in [0.1, 0.15) is 5.75 Å². The van der Waals surface area contributed by atoms with Crippen molar-refractivity contribution in [1.82, 2.24) is 0 Å². The normalized spacial score (nSPS) is 11.5. The largest absolute Gasteiger partial charge is 0.497 e. The highest BCUT2D eigenvalue weighted by molar-refractivity contribution is 9.10. The van der Waals surface area contributed by atoms with Crippen molar-refractivity contribution in [2.24, 2.45) is 0 Å². The first kappa shape index (κ1) is 21.7. The van der Waals surface area contributed by atoms with E-state index in [0.29, 0.717) is 17.1 Å². The molecule has 5 nitrogen and oxygen atoms in total. The van der Waals surface area contributed by atoms with E-state index in [-0.39, 0.29) is 18.2 Å². The third kappa shape index (κ3) is 5.33. The molecule has 0 unspecified atom stereocenters. The molecule has 0 spiro atoms. The van der Waals surface area contributed by atoms with E-state index in [4.69, 9.17) is 14.2 Å². The van der Waals surface area contributed by atoms with Crippen LogP contribution < -0.4 is 19.5 Å². The minimum atomic E-state index is -0.249. The molecule has 0 amide bonds. The Morgan fingerprint density at radius 3 is 2.13 bits per heavy atom. The lowest BCUT2D eigenvalue weighted by Crippen LogP contribution is -2.16. The Kier molecular flexibility index (Phi) is 7.36. The molecular weight excluding hydrogens is 446 g/mol. The third-order valence-electron chi connectivity index (χ3n) is 4.80. The van der Waals surface area contributed by atoms with Gasteiger partial charge in [-0.15, -0.1) is 0 Å². The van der Waals surface area contributed by atoms with E-state index in [1.54, 1.807) is 45.6 Å². The van der Waals surface area contributed by atoms with Crippen LogP contribution in [-0.2, 0) is 0 Å². The van der Waals surface area contributed by atoms with Gasteiger partial charge < -0.3 is 19.5 Å². The number of nitrogens with one attached hydrogen (secondary N) is 1. The van der Waals surface area contributed by atoms with Gasteiger partial charge in [-0.2, -0.15) is 0 Å². The van der Waals surface area contributed by atoms with Crippen LogP contribution in [0, 0.1) is 0 Å². The number of hydrogen-bond donors (Lipinski definition) is 1. The summed E-state index contributed by atoms with van der Waals surface area (Å²) < 4.78 is 17.0. The van der Waals surface area contributed by atoms with Crippen LogP contribution in [0.2, 0.25) is 0 Å². The first-order valence-electron chi connectivity index (χ1n) is 9.45. The minimum Gasteiger partial charge on any atom is -0.497 e. The number of carbonyl (C=O) groups is 1. The lowest BCUT2D eigenvalue weighted by Gasteiger charge is -2.21. The van der Waals surface area contributed by atoms with Gasteiger partial charge in [0.15, 0.2) is 17.3 Å². The number of benzene rings is 3. The Hall–Kier alpha value is -2.99. The van der Waals surface area contributed by atoms with Gasteiger partial charge in [0.05, 0.1) is 27.4 Å². The Labute approximate surface area is 185 Å². The molecule has 6 heteroatoms. The van der Waals surface area contributed by atoms with Crippen molar-refractivity contribution < 1.29 is 19.0 Å². The van der Waals surface area contributed by atoms with E-state index in [2.05, 4.69) is 21.2 Å². The molecule has 0 aliphatic carbocycles. The zero-order valence-corrected chi connectivity index (χ0v) is 18.7. The van der Waals surface area contributed by atoms with Gasteiger partial charge in [-0.3, -0.25) is 4.79 Å². The SMILES string of the molecule is COc1ccc(C(=O)C[C@H](Nc2ccc(Br)cc2)c2ccc(OC)c(OC)c2)cc1. The second kappa shape index (κ2) is 10.2. The van der Waals surface area contributed by atoms with Gasteiger partial charge in [-0.05, 0) is 66.2 Å². The van der Waals surface area contributed by atoms with Crippen molar-refractivity contribution in [2.75, 3.05) is 26.6 Å². The van der Waals surface area contributed by atoms with Crippen molar-refractivity contribution in [3.05, 3.63) is 82.3 Å². The summed E-state index contributed by atoms with van der Waals surface area (Å²) in [4.78, 5) is 13.0. The number of halogens is 1. The van der Waals surface area contributed by atoms with Crippen molar-refractivity contribution in [2.45, 2.75) is 12.5 Å². The Morgan fingerprint density at radius 2 is 1.53 bits per heavy atom. The fourth-order valence-corrected chi connectivity index (χ4v) is 3.41. The summed E-state index contributed by atoms with van der Waals surface area (Å²) in [5, 5.41) is 3.47. The molecular formula is C24H24BrNO4. The second-order valence-corrected chi connectivity index (χ2v) is 7.59. The van der Waals surface area contributed by atoms with Crippen LogP contribution in [0.5, 0.6) is 17.2 Å². The molecule has 30 heavy (non-hydrogen) atoms. The molecule has 0 radical (unpaired) electrons. The summed E-state index contributed by atoms with van der Waals surface area (Å²) in [5.74, 6) is 2.01. The summed E-state index contributed by atoms with van der Waals surface area (Å²) in [7, 11) is 4.80. The fraction of sp³-hybridized carbons (Fsp3) is 0.208. The molecule has 156 valence electrons. The van der Waals surface area contributed by atoms with E-state index in [1.807, 2.05) is 42.5 Å². The Balaban J connectivity index is 1.90. The van der Waals surface area contributed by atoms with Gasteiger partial charge >= 0.3 is 0 Å². The average Bonchev–Trinajstić information content (AvgIpc) is 2.79. The molecule has 0 aliphatic heterocycles. The van der Waals surface area contributed by atoms with Crippen LogP contribution in [0.15, 0.2) is 71.2 Å². The van der Waals surface area contributed by atoms with Crippen molar-refractivity contribution in [3.8, 4) is 17.2 Å². The molecule has 0 heterocycles. The number of methoxy groups -OCH3 is 3. The number of anilines is 1. The summed E-state index contributed by atoms with van der Waals surface area (Å²) in [6, 6.07) is 20.4. The lowest BCUT2D eigenvalue weighted by molar-refractivity contribution is 0.0976. The topological polar surface area (TPSA) is 56.8 Å². The maximum absolute atomic E-state index is 13.0. The standard InChI is InChI=1S/C24H24BrNO4/c1-28-20-11-4-16(5-12-20)22(27)15-21(26-19-9-7-18(25)8-10-19)17-6-13-23(29-2)24(14-17)30-3/h4-14,21,26H,15H2,1-3H3/t21-/m0/s1. The van der Waals surface area contributed by atoms with Gasteiger partial charge in [0.25, 0.3) is 0 Å². The molecule has 0 aliphatic rings. The van der Waals surface area contributed by atoms with Crippen LogP contribution >= 0.6 is 15.9 Å². The Morgan fingerprint density at radius 1 is 0.867 bits per heavy atom. The number of hydrogen-bond acceptors (Lipinski definition) is 5. The molecule has 3 aromatic rings. The zero-order valence-electron chi connectivity index (χ0n) is 17.1. The molecule has 1 atom stereocenters. The van der Waals surface area contributed by atoms with Crippen LogP contribution in [0.4, 0.5) is 5.69 Å². The van der Waals surface area contributed by atoms with Crippen molar-refractivity contribution in [3.63, 3.8) is 0 Å². The number of rotatable bonds is 9. The number of carbonyl (C=O) groups excluding carboxylic acids is 1. The lowest BCUT2D eigenvalue weighted by atomic mass is 9.97. The molecule has 3 rings (SSSR count). The van der Waals surface area contributed by atoms with Gasteiger partial charge in [-0.25, -0.2) is 0 Å². The van der Waals surface area contributed by atoms with E-state index >= 15 is 0 Å². The van der Waals surface area contributed by atoms with E-state index < -0.39 is 0 Å². The first-order valence-corrected chi connectivity index (χ1v) is 10.2. The predicted octanol–water partition coefficient (Wildman–Crippen LogP) is 5.90. The number of ether oxygens (including phenoxy) is 3. The minimum absolute atomic E-state index is 0.0297. The fourth-order valence-electron chi connectivity index (χ4n) is 3.15. The second-order valence-electron chi connectivity index (χ2n) is 6.67. The molecule has 1 N–H and O–H groups in total. The van der Waals surface area contributed by atoms with Gasteiger partial charge in [-0.1, -0.05) is 22.0 Å². The molecule has 0 bridgehead atoms. The summed E-state index contributed by atoms with van der Waals surface area (Å²) in [5.41, 5.74) is 2.48. The van der Waals surface area contributed by atoms with E-state index in [9.17, 15) is 4.79 Å². The van der Waals surface area contributed by atoms with Crippen molar-refractivity contribution >= 4 is 27.4 Å². The third-order valence-corrected chi connectivity index (χ3v) is 5.33. The number of Topliss-reactive ketones (excluding diaryl/α,β-unsaturated/α-hetero) is 1. The smallest absolute Gasteiger partial charge is 0.165 e. The predicted molar refractivity (Wildman–Crippen MR) is 122 cm³/mol. The highest BCUT2D eigenvalue weighted by Crippen LogP contribution is 2.33. The molecule has 0 aromatic heterocycles. The summed E-state index contributed by atoms with van der Waals surface area (Å²) in [6.45, 7) is 0. The Bertz CT molecular complexity index is 987. The van der Waals surface area contributed by atoms with Gasteiger partial charge in [0.2, 0.25) is 0 Å². The molecule has 0 fully saturated rings. The zero-order chi connectivity index (χ0) is 21.5. The van der Waals surface area contributed by atoms with Crippen LogP contribution in [0.25, 0.3) is 0 Å². The van der Waals surface area contributed by atoms with E-state index in [1.165, 1.54) is 0 Å². The number of ketones is 1. The van der Waals surface area contributed by atoms with Crippen LogP contribution in [-0.4, -0.2) is 27.1 Å². The highest BCUT2D eigenvalue weighted by atomic mass is 79.9. The maximum Gasteiger partial charge on any atom is 0.165 e. The van der Waals surface area contributed by atoms with E-state index in [0.717, 1.165) is 21.5 Å². The monoisotopic (exact) mass is 469 g/mol. The quantitative estimate of drug-likeness (QED) is 0.395. The van der Waals surface area contributed by atoms with Gasteiger partial charge in [0, 0.05) is 22.1 Å². The van der Waals surface area contributed by atoms with Crippen LogP contribution in [0.1, 0.15) is 28.4 Å². The average molecular weight is 470 g/mol. The maximum atomic E-state index is 13.0. The summed E-state index contributed by atoms with van der Waals surface area (Å²) >= 11 is 3.45. The summed E-state index contributed by atoms with van der Waals surface area (Å²) in [6.07, 6.45) is 0.276. The highest BCUT2D eigenvalue weighted by Gasteiger charge is 2.19.